The number of rotatable bonds is 7. The summed E-state index contributed by atoms with van der Waals surface area (Å²) in [4.78, 5) is 24.1. The highest BCUT2D eigenvalue weighted by atomic mass is 32.2. The minimum Gasteiger partial charge on any atom is -0.338 e. The number of nitro groups is 1. The number of halogens is 1. The number of amides is 1. The number of nitrogens with zero attached hydrogens (tertiary/aromatic N) is 3. The van der Waals surface area contributed by atoms with E-state index >= 15 is 0 Å². The standard InChI is InChI=1S/C18H20FN3O5S/c1-13(14-5-4-6-16(11-14)22(24)25)21(3)18(23)12-20(2)28(26,27)17-9-7-15(19)8-10-17/h4-11,13H,12H2,1-3H3/t13-/m1/s1. The van der Waals surface area contributed by atoms with Gasteiger partial charge >= 0.3 is 0 Å². The Morgan fingerprint density at radius 2 is 1.79 bits per heavy atom. The fourth-order valence-electron chi connectivity index (χ4n) is 2.51. The monoisotopic (exact) mass is 409 g/mol. The van der Waals surface area contributed by atoms with Crippen LogP contribution in [0.1, 0.15) is 18.5 Å². The Balaban J connectivity index is 2.13. The third kappa shape index (κ3) is 4.70. The van der Waals surface area contributed by atoms with Crippen LogP contribution in [0.2, 0.25) is 0 Å². The zero-order valence-electron chi connectivity index (χ0n) is 15.6. The summed E-state index contributed by atoms with van der Waals surface area (Å²) in [7, 11) is -1.22. The van der Waals surface area contributed by atoms with Crippen molar-refractivity contribution >= 4 is 21.6 Å². The summed E-state index contributed by atoms with van der Waals surface area (Å²) in [6.07, 6.45) is 0. The molecule has 0 bridgehead atoms. The fraction of sp³-hybridized carbons (Fsp3) is 0.278. The Morgan fingerprint density at radius 1 is 1.18 bits per heavy atom. The van der Waals surface area contributed by atoms with Crippen LogP contribution >= 0.6 is 0 Å². The highest BCUT2D eigenvalue weighted by Gasteiger charge is 2.26. The first kappa shape index (κ1) is 21.5. The number of likely N-dealkylation sites (N-methyl/N-ethyl adjacent to an activating group) is 2. The van der Waals surface area contributed by atoms with Gasteiger partial charge in [0.15, 0.2) is 0 Å². The molecule has 2 rings (SSSR count). The molecule has 2 aromatic rings. The zero-order valence-corrected chi connectivity index (χ0v) is 16.4. The smallest absolute Gasteiger partial charge is 0.269 e. The Hall–Kier alpha value is -2.85. The molecule has 0 aliphatic carbocycles. The summed E-state index contributed by atoms with van der Waals surface area (Å²) < 4.78 is 38.9. The molecule has 0 fully saturated rings. The van der Waals surface area contributed by atoms with Crippen LogP contribution in [0, 0.1) is 15.9 Å². The minimum atomic E-state index is -3.96. The van der Waals surface area contributed by atoms with Gasteiger partial charge in [0.05, 0.1) is 22.4 Å². The maximum absolute atomic E-state index is 13.0. The number of carbonyl (C=O) groups excluding carboxylic acids is 1. The summed E-state index contributed by atoms with van der Waals surface area (Å²) in [6, 6.07) is 9.69. The van der Waals surface area contributed by atoms with E-state index in [0.717, 1.165) is 28.6 Å². The molecule has 8 nitrogen and oxygen atoms in total. The van der Waals surface area contributed by atoms with Crippen molar-refractivity contribution in [1.29, 1.82) is 0 Å². The third-order valence-electron chi connectivity index (χ3n) is 4.42. The number of sulfonamides is 1. The lowest BCUT2D eigenvalue weighted by Gasteiger charge is -2.27. The molecule has 0 saturated carbocycles. The first-order valence-corrected chi connectivity index (χ1v) is 9.70. The van der Waals surface area contributed by atoms with Crippen molar-refractivity contribution < 1.29 is 22.5 Å². The van der Waals surface area contributed by atoms with Crippen LogP contribution in [-0.2, 0) is 14.8 Å². The van der Waals surface area contributed by atoms with Crippen molar-refractivity contribution in [1.82, 2.24) is 9.21 Å². The Morgan fingerprint density at radius 3 is 2.36 bits per heavy atom. The quantitative estimate of drug-likeness (QED) is 0.517. The molecule has 0 aliphatic heterocycles. The molecule has 0 spiro atoms. The van der Waals surface area contributed by atoms with Crippen LogP contribution in [-0.4, -0.2) is 49.1 Å². The Bertz CT molecular complexity index is 979. The van der Waals surface area contributed by atoms with Gasteiger partial charge in [0, 0.05) is 26.2 Å². The highest BCUT2D eigenvalue weighted by Crippen LogP contribution is 2.23. The van der Waals surface area contributed by atoms with Gasteiger partial charge in [0.1, 0.15) is 5.82 Å². The van der Waals surface area contributed by atoms with E-state index in [0.29, 0.717) is 5.56 Å². The Kier molecular flexibility index (Phi) is 6.47. The molecule has 0 aliphatic rings. The predicted molar refractivity (Wildman–Crippen MR) is 100 cm³/mol. The molecule has 0 unspecified atom stereocenters. The SMILES string of the molecule is C[C@H](c1cccc([N+](=O)[O-])c1)N(C)C(=O)CN(C)S(=O)(=O)c1ccc(F)cc1. The summed E-state index contributed by atoms with van der Waals surface area (Å²) >= 11 is 0. The van der Waals surface area contributed by atoms with Gasteiger partial charge in [-0.15, -0.1) is 0 Å². The molecule has 1 amide bonds. The largest absolute Gasteiger partial charge is 0.338 e. The van der Waals surface area contributed by atoms with Crippen molar-refractivity contribution in [3.05, 3.63) is 70.0 Å². The summed E-state index contributed by atoms with van der Waals surface area (Å²) in [5, 5.41) is 10.9. The van der Waals surface area contributed by atoms with E-state index in [2.05, 4.69) is 0 Å². The molecule has 0 saturated heterocycles. The number of carbonyl (C=O) groups is 1. The lowest BCUT2D eigenvalue weighted by Crippen LogP contribution is -2.40. The van der Waals surface area contributed by atoms with E-state index in [-0.39, 0.29) is 10.6 Å². The van der Waals surface area contributed by atoms with Crippen molar-refractivity contribution in [2.45, 2.75) is 17.9 Å². The molecule has 0 aromatic heterocycles. The third-order valence-corrected chi connectivity index (χ3v) is 6.24. The van der Waals surface area contributed by atoms with Crippen molar-refractivity contribution in [2.75, 3.05) is 20.6 Å². The summed E-state index contributed by atoms with van der Waals surface area (Å²) in [5.74, 6) is -1.06. The first-order valence-electron chi connectivity index (χ1n) is 8.26. The molecular formula is C18H20FN3O5S. The van der Waals surface area contributed by atoms with Gasteiger partial charge in [-0.25, -0.2) is 12.8 Å². The topological polar surface area (TPSA) is 101 Å². The second-order valence-electron chi connectivity index (χ2n) is 6.25. The fourth-order valence-corrected chi connectivity index (χ4v) is 3.63. The van der Waals surface area contributed by atoms with Crippen molar-refractivity contribution in [3.8, 4) is 0 Å². The zero-order chi connectivity index (χ0) is 21.1. The average Bonchev–Trinajstić information content (AvgIpc) is 2.67. The van der Waals surface area contributed by atoms with Gasteiger partial charge in [-0.3, -0.25) is 14.9 Å². The van der Waals surface area contributed by atoms with E-state index in [1.807, 2.05) is 0 Å². The van der Waals surface area contributed by atoms with Crippen LogP contribution in [0.3, 0.4) is 0 Å². The number of nitro benzene ring substituents is 1. The van der Waals surface area contributed by atoms with Gasteiger partial charge in [0.2, 0.25) is 15.9 Å². The lowest BCUT2D eigenvalue weighted by atomic mass is 10.1. The van der Waals surface area contributed by atoms with Gasteiger partial charge in [-0.05, 0) is 36.8 Å². The first-order chi connectivity index (χ1) is 13.0. The highest BCUT2D eigenvalue weighted by molar-refractivity contribution is 7.89. The number of benzene rings is 2. The second kappa shape index (κ2) is 8.44. The lowest BCUT2D eigenvalue weighted by molar-refractivity contribution is -0.384. The average molecular weight is 409 g/mol. The molecule has 0 N–H and O–H groups in total. The molecule has 2 aromatic carbocycles. The normalized spacial score (nSPS) is 12.6. The number of hydrogen-bond donors (Lipinski definition) is 0. The van der Waals surface area contributed by atoms with Crippen LogP contribution in [0.15, 0.2) is 53.4 Å². The summed E-state index contributed by atoms with van der Waals surface area (Å²) in [6.45, 7) is 1.25. The van der Waals surface area contributed by atoms with Crippen molar-refractivity contribution in [2.24, 2.45) is 0 Å². The number of non-ortho nitro benzene ring substituents is 1. The maximum atomic E-state index is 13.0. The van der Waals surface area contributed by atoms with E-state index in [1.165, 1.54) is 37.2 Å². The molecule has 0 radical (unpaired) electrons. The molecular weight excluding hydrogens is 389 g/mol. The van der Waals surface area contributed by atoms with E-state index in [9.17, 15) is 27.7 Å². The Labute approximate surface area is 162 Å². The van der Waals surface area contributed by atoms with Crippen LogP contribution in [0.4, 0.5) is 10.1 Å². The predicted octanol–water partition coefficient (Wildman–Crippen LogP) is 2.57. The molecule has 10 heteroatoms. The van der Waals surface area contributed by atoms with Crippen LogP contribution in [0.25, 0.3) is 0 Å². The van der Waals surface area contributed by atoms with Crippen molar-refractivity contribution in [3.63, 3.8) is 0 Å². The van der Waals surface area contributed by atoms with Gasteiger partial charge in [-0.1, -0.05) is 12.1 Å². The van der Waals surface area contributed by atoms with Crippen LogP contribution in [0.5, 0.6) is 0 Å². The van der Waals surface area contributed by atoms with Gasteiger partial charge < -0.3 is 4.90 Å². The molecule has 1 atom stereocenters. The van der Waals surface area contributed by atoms with E-state index in [1.54, 1.807) is 13.0 Å². The number of hydrogen-bond acceptors (Lipinski definition) is 5. The van der Waals surface area contributed by atoms with E-state index < -0.39 is 39.3 Å². The molecule has 28 heavy (non-hydrogen) atoms. The van der Waals surface area contributed by atoms with Crippen LogP contribution < -0.4 is 0 Å². The molecule has 0 heterocycles. The molecule has 150 valence electrons. The van der Waals surface area contributed by atoms with Gasteiger partial charge in [0.25, 0.3) is 5.69 Å². The maximum Gasteiger partial charge on any atom is 0.269 e. The summed E-state index contributed by atoms with van der Waals surface area (Å²) in [5.41, 5.74) is 0.454. The van der Waals surface area contributed by atoms with Gasteiger partial charge in [-0.2, -0.15) is 4.31 Å². The van der Waals surface area contributed by atoms with E-state index in [4.69, 9.17) is 0 Å². The second-order valence-corrected chi connectivity index (χ2v) is 8.29. The minimum absolute atomic E-state index is 0.0961.